The zero-order valence-electron chi connectivity index (χ0n) is 13.3. The molecule has 110 valence electrons. The fraction of sp³-hybridized carbons (Fsp3) is 1.00. The van der Waals surface area contributed by atoms with Crippen LogP contribution in [0.2, 0.25) is 25.2 Å². The molecule has 1 nitrogen and oxygen atoms in total. The van der Waals surface area contributed by atoms with Gasteiger partial charge in [0.05, 0.1) is 0 Å². The van der Waals surface area contributed by atoms with Gasteiger partial charge in [0, 0.05) is 14.7 Å². The topological polar surface area (TPSA) is 20.2 Å². The zero-order chi connectivity index (χ0) is 13.9. The number of unbranched alkanes of at least 4 members (excludes halogenated alkanes) is 7. The van der Waals surface area contributed by atoms with E-state index in [1.807, 2.05) is 0 Å². The first-order valence-corrected chi connectivity index (χ1v) is 11.5. The summed E-state index contributed by atoms with van der Waals surface area (Å²) in [5, 5.41) is 8.68. The van der Waals surface area contributed by atoms with Gasteiger partial charge < -0.3 is 5.11 Å². The molecule has 0 bridgehead atoms. The second-order valence-corrected chi connectivity index (χ2v) is 12.3. The summed E-state index contributed by atoms with van der Waals surface area (Å²) in [6.07, 6.45) is 10.6. The third-order valence-electron chi connectivity index (χ3n) is 3.72. The van der Waals surface area contributed by atoms with Gasteiger partial charge in [-0.3, -0.25) is 0 Å². The van der Waals surface area contributed by atoms with Gasteiger partial charge >= 0.3 is 0 Å². The Kier molecular flexibility index (Phi) is 11.1. The maximum absolute atomic E-state index is 8.68. The molecule has 0 fully saturated rings. The minimum atomic E-state index is -0.880. The summed E-state index contributed by atoms with van der Waals surface area (Å²) in [5.74, 6) is 0.887. The van der Waals surface area contributed by atoms with E-state index in [4.69, 9.17) is 5.11 Å². The third kappa shape index (κ3) is 12.6. The Balaban J connectivity index is 3.29. The highest BCUT2D eigenvalue weighted by Crippen LogP contribution is 2.23. The Hall–Kier alpha value is 0.177. The van der Waals surface area contributed by atoms with Crippen molar-refractivity contribution in [1.29, 1.82) is 0 Å². The summed E-state index contributed by atoms with van der Waals surface area (Å²) in [4.78, 5) is 0. The van der Waals surface area contributed by atoms with Gasteiger partial charge in [-0.1, -0.05) is 84.0 Å². The highest BCUT2D eigenvalue weighted by atomic mass is 28.3. The smallest absolute Gasteiger partial charge is 0.0476 e. The largest absolute Gasteiger partial charge is 0.396 e. The molecule has 0 aromatic carbocycles. The molecular formula is C16H36OSi. The van der Waals surface area contributed by atoms with Crippen molar-refractivity contribution in [2.75, 3.05) is 6.61 Å². The normalized spacial score (nSPS) is 12.3. The Morgan fingerprint density at radius 2 is 1.22 bits per heavy atom. The highest BCUT2D eigenvalue weighted by molar-refractivity contribution is 6.77. The van der Waals surface area contributed by atoms with Crippen molar-refractivity contribution >= 4 is 8.07 Å². The van der Waals surface area contributed by atoms with E-state index >= 15 is 0 Å². The van der Waals surface area contributed by atoms with Crippen LogP contribution in [0.4, 0.5) is 0 Å². The molecule has 0 saturated heterocycles. The molecule has 0 spiro atoms. The first kappa shape index (κ1) is 18.2. The van der Waals surface area contributed by atoms with Crippen LogP contribution in [0.5, 0.6) is 0 Å². The molecule has 0 heterocycles. The molecule has 0 aliphatic rings. The van der Waals surface area contributed by atoms with Gasteiger partial charge in [-0.25, -0.2) is 0 Å². The van der Waals surface area contributed by atoms with Crippen molar-refractivity contribution in [3.63, 3.8) is 0 Å². The second-order valence-electron chi connectivity index (χ2n) is 7.06. The minimum absolute atomic E-state index is 0.371. The molecule has 0 aromatic rings. The number of rotatable bonds is 12. The van der Waals surface area contributed by atoms with Gasteiger partial charge in [0.1, 0.15) is 0 Å². The number of aliphatic hydroxyl groups excluding tert-OH is 1. The lowest BCUT2D eigenvalue weighted by atomic mass is 10.1. The summed E-state index contributed by atoms with van der Waals surface area (Å²) in [7, 11) is -0.880. The third-order valence-corrected chi connectivity index (χ3v) is 7.35. The molecule has 0 atom stereocenters. The average molecular weight is 273 g/mol. The van der Waals surface area contributed by atoms with Crippen LogP contribution in [0.3, 0.4) is 0 Å². The first-order valence-electron chi connectivity index (χ1n) is 8.09. The zero-order valence-corrected chi connectivity index (χ0v) is 14.3. The first-order chi connectivity index (χ1) is 8.48. The predicted octanol–water partition coefficient (Wildman–Crippen LogP) is 5.46. The highest BCUT2D eigenvalue weighted by Gasteiger charge is 2.20. The van der Waals surface area contributed by atoms with Crippen molar-refractivity contribution < 1.29 is 5.11 Å². The van der Waals surface area contributed by atoms with Crippen LogP contribution < -0.4 is 0 Å². The van der Waals surface area contributed by atoms with Crippen molar-refractivity contribution in [1.82, 2.24) is 0 Å². The van der Waals surface area contributed by atoms with Gasteiger partial charge in [-0.15, -0.1) is 0 Å². The van der Waals surface area contributed by atoms with Crippen molar-refractivity contribution in [2.45, 2.75) is 90.4 Å². The van der Waals surface area contributed by atoms with Crippen molar-refractivity contribution in [2.24, 2.45) is 5.92 Å². The molecule has 0 aliphatic heterocycles. The number of aliphatic hydroxyl groups is 1. The lowest BCUT2D eigenvalue weighted by Gasteiger charge is -2.24. The molecular weight excluding hydrogens is 236 g/mol. The van der Waals surface area contributed by atoms with Gasteiger partial charge in [-0.2, -0.15) is 0 Å². The maximum Gasteiger partial charge on any atom is 0.0476 e. The summed E-state index contributed by atoms with van der Waals surface area (Å²) in [5.41, 5.74) is 0. The van der Waals surface area contributed by atoms with Gasteiger partial charge in [0.15, 0.2) is 0 Å². The summed E-state index contributed by atoms with van der Waals surface area (Å²) < 4.78 is 0. The molecule has 0 unspecified atom stereocenters. The minimum Gasteiger partial charge on any atom is -0.396 e. The van der Waals surface area contributed by atoms with Crippen molar-refractivity contribution in [3.05, 3.63) is 0 Å². The van der Waals surface area contributed by atoms with E-state index in [1.165, 1.54) is 57.0 Å². The van der Waals surface area contributed by atoms with E-state index in [2.05, 4.69) is 26.9 Å². The molecule has 2 heteroatoms. The van der Waals surface area contributed by atoms with E-state index in [0.717, 1.165) is 12.3 Å². The predicted molar refractivity (Wildman–Crippen MR) is 86.0 cm³/mol. The number of hydrogen-bond acceptors (Lipinski definition) is 1. The Morgan fingerprint density at radius 1 is 0.778 bits per heavy atom. The molecule has 0 amide bonds. The van der Waals surface area contributed by atoms with Crippen LogP contribution in [-0.2, 0) is 0 Å². The summed E-state index contributed by atoms with van der Waals surface area (Å²) in [6, 6.07) is 3.02. The van der Waals surface area contributed by atoms with Crippen LogP contribution >= 0.6 is 0 Å². The lowest BCUT2D eigenvalue weighted by Crippen LogP contribution is -2.26. The van der Waals surface area contributed by atoms with Crippen LogP contribution in [0, 0.1) is 5.92 Å². The fourth-order valence-corrected chi connectivity index (χ4v) is 6.60. The van der Waals surface area contributed by atoms with E-state index in [1.54, 1.807) is 0 Å². The molecule has 0 aromatic heterocycles. The Morgan fingerprint density at radius 3 is 1.67 bits per heavy atom. The average Bonchev–Trinajstić information content (AvgIpc) is 2.25. The van der Waals surface area contributed by atoms with E-state index < -0.39 is 8.07 Å². The Labute approximate surface area is 116 Å². The molecule has 1 N–H and O–H groups in total. The fourth-order valence-electron chi connectivity index (χ4n) is 2.98. The lowest BCUT2D eigenvalue weighted by molar-refractivity contribution is 0.282. The Bertz CT molecular complexity index is 178. The monoisotopic (exact) mass is 272 g/mol. The van der Waals surface area contributed by atoms with Gasteiger partial charge in [0.2, 0.25) is 0 Å². The van der Waals surface area contributed by atoms with Crippen LogP contribution in [-0.4, -0.2) is 19.8 Å². The SMILES string of the molecule is CC(C)C[Si](C)(C)CCCCCCCCCCO. The molecule has 0 aliphatic carbocycles. The molecule has 0 saturated carbocycles. The van der Waals surface area contributed by atoms with E-state index in [0.29, 0.717) is 6.61 Å². The van der Waals surface area contributed by atoms with E-state index in [9.17, 15) is 0 Å². The molecule has 18 heavy (non-hydrogen) atoms. The van der Waals surface area contributed by atoms with Crippen LogP contribution in [0.15, 0.2) is 0 Å². The second kappa shape index (κ2) is 11.0. The maximum atomic E-state index is 8.68. The molecule has 0 radical (unpaired) electrons. The van der Waals surface area contributed by atoms with Gasteiger partial charge in [-0.05, 0) is 12.3 Å². The number of hydrogen-bond donors (Lipinski definition) is 1. The summed E-state index contributed by atoms with van der Waals surface area (Å²) >= 11 is 0. The molecule has 0 rings (SSSR count). The van der Waals surface area contributed by atoms with Crippen LogP contribution in [0.1, 0.15) is 65.2 Å². The summed E-state index contributed by atoms with van der Waals surface area (Å²) in [6.45, 7) is 10.2. The van der Waals surface area contributed by atoms with Crippen LogP contribution in [0.25, 0.3) is 0 Å². The standard InChI is InChI=1S/C16H36OSi/c1-16(2)15-18(3,4)14-12-10-8-6-5-7-9-11-13-17/h16-17H,5-15H2,1-4H3. The quantitative estimate of drug-likeness (QED) is 0.369. The van der Waals surface area contributed by atoms with E-state index in [-0.39, 0.29) is 0 Å². The van der Waals surface area contributed by atoms with Crippen molar-refractivity contribution in [3.8, 4) is 0 Å². The van der Waals surface area contributed by atoms with Gasteiger partial charge in [0.25, 0.3) is 0 Å².